The van der Waals surface area contributed by atoms with Gasteiger partial charge in [-0.2, -0.15) is 0 Å². The van der Waals surface area contributed by atoms with Crippen LogP contribution < -0.4 is 11.1 Å². The molecule has 1 atom stereocenters. The third kappa shape index (κ3) is 6.36. The van der Waals surface area contributed by atoms with Crippen LogP contribution in [0.15, 0.2) is 0 Å². The summed E-state index contributed by atoms with van der Waals surface area (Å²) in [7, 11) is 0. The van der Waals surface area contributed by atoms with Crippen molar-refractivity contribution in [3.8, 4) is 0 Å². The first-order chi connectivity index (χ1) is 8.37. The van der Waals surface area contributed by atoms with Gasteiger partial charge in [-0.05, 0) is 53.1 Å². The van der Waals surface area contributed by atoms with Gasteiger partial charge in [-0.1, -0.05) is 13.8 Å². The minimum atomic E-state index is -0.128. The molecular formula is C14H31N3O. The second kappa shape index (κ2) is 8.48. The molecule has 0 aliphatic carbocycles. The van der Waals surface area contributed by atoms with Crippen LogP contribution in [0.25, 0.3) is 0 Å². The van der Waals surface area contributed by atoms with Crippen LogP contribution >= 0.6 is 0 Å². The number of nitrogens with two attached hydrogens (primary N) is 1. The highest BCUT2D eigenvalue weighted by atomic mass is 16.2. The van der Waals surface area contributed by atoms with E-state index in [1.54, 1.807) is 0 Å². The molecule has 0 rings (SSSR count). The number of amides is 1. The summed E-state index contributed by atoms with van der Waals surface area (Å²) in [6, 6.07) is -0.0812. The normalized spacial score (nSPS) is 13.7. The van der Waals surface area contributed by atoms with Gasteiger partial charge in [-0.15, -0.1) is 0 Å². The predicted octanol–water partition coefficient (Wildman–Crippen LogP) is 1.74. The van der Waals surface area contributed by atoms with Gasteiger partial charge in [0.25, 0.3) is 0 Å². The van der Waals surface area contributed by atoms with Gasteiger partial charge in [0.15, 0.2) is 0 Å². The standard InChI is InChI=1S/C14H31N3O/c1-6-10-17(11-8-9-15)12(3)13(18)16-14(4,5)7-2/h12H,6-11,15H2,1-5H3,(H,16,18). The van der Waals surface area contributed by atoms with Gasteiger partial charge in [0.05, 0.1) is 6.04 Å². The molecule has 1 amide bonds. The van der Waals surface area contributed by atoms with Gasteiger partial charge >= 0.3 is 0 Å². The Morgan fingerprint density at radius 2 is 1.94 bits per heavy atom. The summed E-state index contributed by atoms with van der Waals surface area (Å²) in [5.41, 5.74) is 5.42. The fraction of sp³-hybridized carbons (Fsp3) is 0.929. The van der Waals surface area contributed by atoms with Crippen molar-refractivity contribution in [2.75, 3.05) is 19.6 Å². The quantitative estimate of drug-likeness (QED) is 0.661. The average molecular weight is 257 g/mol. The summed E-state index contributed by atoms with van der Waals surface area (Å²) in [5, 5.41) is 3.11. The van der Waals surface area contributed by atoms with Crippen LogP contribution in [-0.4, -0.2) is 42.0 Å². The second-order valence-electron chi connectivity index (χ2n) is 5.58. The maximum Gasteiger partial charge on any atom is 0.237 e. The Kier molecular flexibility index (Phi) is 8.20. The van der Waals surface area contributed by atoms with E-state index in [-0.39, 0.29) is 17.5 Å². The molecule has 108 valence electrons. The van der Waals surface area contributed by atoms with Crippen LogP contribution in [0.5, 0.6) is 0 Å². The lowest BCUT2D eigenvalue weighted by Crippen LogP contribution is -2.52. The Hall–Kier alpha value is -0.610. The molecule has 3 N–H and O–H groups in total. The monoisotopic (exact) mass is 257 g/mol. The summed E-state index contributed by atoms with van der Waals surface area (Å²) >= 11 is 0. The van der Waals surface area contributed by atoms with Crippen LogP contribution in [0.2, 0.25) is 0 Å². The largest absolute Gasteiger partial charge is 0.350 e. The number of hydrogen-bond acceptors (Lipinski definition) is 3. The lowest BCUT2D eigenvalue weighted by molar-refractivity contribution is -0.127. The van der Waals surface area contributed by atoms with Crippen molar-refractivity contribution in [3.05, 3.63) is 0 Å². The highest BCUT2D eigenvalue weighted by Gasteiger charge is 2.25. The van der Waals surface area contributed by atoms with E-state index in [9.17, 15) is 4.79 Å². The molecule has 0 saturated carbocycles. The molecule has 4 nitrogen and oxygen atoms in total. The van der Waals surface area contributed by atoms with E-state index in [4.69, 9.17) is 5.73 Å². The maximum absolute atomic E-state index is 12.2. The number of hydrogen-bond donors (Lipinski definition) is 2. The Morgan fingerprint density at radius 1 is 1.33 bits per heavy atom. The zero-order chi connectivity index (χ0) is 14.2. The van der Waals surface area contributed by atoms with E-state index in [0.717, 1.165) is 32.4 Å². The smallest absolute Gasteiger partial charge is 0.237 e. The molecule has 0 aliphatic rings. The molecule has 0 bridgehead atoms. The van der Waals surface area contributed by atoms with Gasteiger partial charge in [0, 0.05) is 12.1 Å². The summed E-state index contributed by atoms with van der Waals surface area (Å²) in [5.74, 6) is 0.118. The lowest BCUT2D eigenvalue weighted by Gasteiger charge is -2.32. The summed E-state index contributed by atoms with van der Waals surface area (Å²) in [6.07, 6.45) is 2.93. The first-order valence-corrected chi connectivity index (χ1v) is 7.14. The molecule has 0 saturated heterocycles. The number of carbonyl (C=O) groups is 1. The minimum Gasteiger partial charge on any atom is -0.350 e. The van der Waals surface area contributed by atoms with Crippen molar-refractivity contribution in [2.24, 2.45) is 5.73 Å². The van der Waals surface area contributed by atoms with Crippen LogP contribution in [0.1, 0.15) is 53.9 Å². The average Bonchev–Trinajstić information content (AvgIpc) is 2.33. The Balaban J connectivity index is 4.45. The first kappa shape index (κ1) is 17.4. The van der Waals surface area contributed by atoms with Crippen LogP contribution in [-0.2, 0) is 4.79 Å². The Labute approximate surface area is 112 Å². The summed E-state index contributed by atoms with van der Waals surface area (Å²) < 4.78 is 0. The zero-order valence-electron chi connectivity index (χ0n) is 12.8. The second-order valence-corrected chi connectivity index (χ2v) is 5.58. The first-order valence-electron chi connectivity index (χ1n) is 7.14. The highest BCUT2D eigenvalue weighted by molar-refractivity contribution is 5.82. The molecule has 0 aromatic carbocycles. The Morgan fingerprint density at radius 3 is 2.39 bits per heavy atom. The van der Waals surface area contributed by atoms with Crippen molar-refractivity contribution in [2.45, 2.75) is 65.5 Å². The molecule has 0 fully saturated rings. The molecule has 1 unspecified atom stereocenters. The SMILES string of the molecule is CCCN(CCCN)C(C)C(=O)NC(C)(C)CC. The molecule has 4 heteroatoms. The minimum absolute atomic E-state index is 0.0812. The molecule has 0 aliphatic heterocycles. The number of nitrogens with zero attached hydrogens (tertiary/aromatic N) is 1. The van der Waals surface area contributed by atoms with Crippen LogP contribution in [0, 0.1) is 0 Å². The van der Waals surface area contributed by atoms with Crippen LogP contribution in [0.3, 0.4) is 0 Å². The summed E-state index contributed by atoms with van der Waals surface area (Å²) in [4.78, 5) is 14.4. The van der Waals surface area contributed by atoms with Crippen LogP contribution in [0.4, 0.5) is 0 Å². The Bertz CT molecular complexity index is 241. The van der Waals surface area contributed by atoms with Crippen molar-refractivity contribution >= 4 is 5.91 Å². The molecule has 18 heavy (non-hydrogen) atoms. The molecule has 0 aromatic rings. The van der Waals surface area contributed by atoms with Crippen molar-refractivity contribution in [1.29, 1.82) is 0 Å². The fourth-order valence-electron chi connectivity index (χ4n) is 1.77. The third-order valence-corrected chi connectivity index (χ3v) is 3.43. The number of nitrogens with one attached hydrogen (secondary N) is 1. The highest BCUT2D eigenvalue weighted by Crippen LogP contribution is 2.09. The van der Waals surface area contributed by atoms with E-state index in [2.05, 4.69) is 37.9 Å². The predicted molar refractivity (Wildman–Crippen MR) is 77.5 cm³/mol. The topological polar surface area (TPSA) is 58.4 Å². The van der Waals surface area contributed by atoms with E-state index in [1.165, 1.54) is 0 Å². The van der Waals surface area contributed by atoms with E-state index in [1.807, 2.05) is 6.92 Å². The van der Waals surface area contributed by atoms with Crippen molar-refractivity contribution in [3.63, 3.8) is 0 Å². The number of rotatable bonds is 9. The fourth-order valence-corrected chi connectivity index (χ4v) is 1.77. The maximum atomic E-state index is 12.2. The third-order valence-electron chi connectivity index (χ3n) is 3.43. The van der Waals surface area contributed by atoms with E-state index in [0.29, 0.717) is 6.54 Å². The van der Waals surface area contributed by atoms with E-state index >= 15 is 0 Å². The van der Waals surface area contributed by atoms with Gasteiger partial charge < -0.3 is 11.1 Å². The molecular weight excluding hydrogens is 226 g/mol. The van der Waals surface area contributed by atoms with Gasteiger partial charge in [-0.25, -0.2) is 0 Å². The van der Waals surface area contributed by atoms with Gasteiger partial charge in [0.2, 0.25) is 5.91 Å². The van der Waals surface area contributed by atoms with Gasteiger partial charge in [0.1, 0.15) is 0 Å². The summed E-state index contributed by atoms with van der Waals surface area (Å²) in [6.45, 7) is 12.8. The van der Waals surface area contributed by atoms with Crippen molar-refractivity contribution < 1.29 is 4.79 Å². The molecule has 0 spiro atoms. The van der Waals surface area contributed by atoms with Gasteiger partial charge in [-0.3, -0.25) is 9.69 Å². The molecule has 0 radical (unpaired) electrons. The van der Waals surface area contributed by atoms with Crippen molar-refractivity contribution in [1.82, 2.24) is 10.2 Å². The molecule has 0 aromatic heterocycles. The van der Waals surface area contributed by atoms with E-state index < -0.39 is 0 Å². The zero-order valence-corrected chi connectivity index (χ0v) is 12.8. The number of carbonyl (C=O) groups excluding carboxylic acids is 1. The lowest BCUT2D eigenvalue weighted by atomic mass is 10.0. The molecule has 0 heterocycles.